The van der Waals surface area contributed by atoms with Crippen LogP contribution in [0.4, 0.5) is 10.5 Å². The van der Waals surface area contributed by atoms with Gasteiger partial charge in [-0.05, 0) is 45.9 Å². The number of nitrogens with zero attached hydrogens (tertiary/aromatic N) is 1. The van der Waals surface area contributed by atoms with E-state index in [1.807, 2.05) is 0 Å². The summed E-state index contributed by atoms with van der Waals surface area (Å²) in [6.07, 6.45) is -0.665. The van der Waals surface area contributed by atoms with Gasteiger partial charge in [0.2, 0.25) is 5.91 Å². The number of alkyl carbamates (subject to hydrolysis) is 1. The molecule has 0 saturated carbocycles. The molecule has 1 aliphatic rings. The van der Waals surface area contributed by atoms with E-state index in [1.54, 1.807) is 56.9 Å². The molecule has 8 nitrogen and oxygen atoms in total. The van der Waals surface area contributed by atoms with Crippen molar-refractivity contribution in [2.45, 2.75) is 39.3 Å². The minimum absolute atomic E-state index is 0.102. The van der Waals surface area contributed by atoms with Gasteiger partial charge >= 0.3 is 6.09 Å². The van der Waals surface area contributed by atoms with Crippen LogP contribution in [0.1, 0.15) is 38.1 Å². The number of hydrogen-bond donors (Lipinski definition) is 2. The SMILES string of the molecule is C[C@@H](NC(=O)OC(C)(C)C)C(=O)Nc1cccc(C(=O)N2CCOCC2)c1. The van der Waals surface area contributed by atoms with Crippen LogP contribution in [0.25, 0.3) is 0 Å². The summed E-state index contributed by atoms with van der Waals surface area (Å²) in [4.78, 5) is 38.3. The van der Waals surface area contributed by atoms with Crippen LogP contribution in [0.3, 0.4) is 0 Å². The number of carbonyl (C=O) groups is 3. The number of rotatable bonds is 4. The number of benzene rings is 1. The van der Waals surface area contributed by atoms with Crippen LogP contribution in [-0.4, -0.2) is 60.8 Å². The molecule has 1 fully saturated rings. The molecule has 0 bridgehead atoms. The molecule has 0 unspecified atom stereocenters. The van der Waals surface area contributed by atoms with E-state index in [2.05, 4.69) is 10.6 Å². The average Bonchev–Trinajstić information content (AvgIpc) is 2.60. The van der Waals surface area contributed by atoms with E-state index >= 15 is 0 Å². The molecule has 2 rings (SSSR count). The number of nitrogens with one attached hydrogen (secondary N) is 2. The predicted molar refractivity (Wildman–Crippen MR) is 101 cm³/mol. The van der Waals surface area contributed by atoms with E-state index in [0.29, 0.717) is 37.6 Å². The Bertz CT molecular complexity index is 693. The number of carbonyl (C=O) groups excluding carboxylic acids is 3. The lowest BCUT2D eigenvalue weighted by Crippen LogP contribution is -2.44. The van der Waals surface area contributed by atoms with Crippen LogP contribution >= 0.6 is 0 Å². The van der Waals surface area contributed by atoms with Gasteiger partial charge in [-0.1, -0.05) is 6.07 Å². The van der Waals surface area contributed by atoms with Crippen molar-refractivity contribution in [1.82, 2.24) is 10.2 Å². The summed E-state index contributed by atoms with van der Waals surface area (Å²) < 4.78 is 10.4. The largest absolute Gasteiger partial charge is 0.444 e. The average molecular weight is 377 g/mol. The summed E-state index contributed by atoms with van der Waals surface area (Å²) in [6.45, 7) is 8.93. The summed E-state index contributed by atoms with van der Waals surface area (Å²) in [5.41, 5.74) is 0.327. The zero-order chi connectivity index (χ0) is 20.0. The fraction of sp³-hybridized carbons (Fsp3) is 0.526. The Kier molecular flexibility index (Phi) is 6.79. The molecule has 8 heteroatoms. The highest BCUT2D eigenvalue weighted by molar-refractivity contribution is 5.99. The van der Waals surface area contributed by atoms with Gasteiger partial charge in [-0.25, -0.2) is 4.79 Å². The second-order valence-corrected chi connectivity index (χ2v) is 7.34. The molecule has 2 N–H and O–H groups in total. The zero-order valence-corrected chi connectivity index (χ0v) is 16.2. The van der Waals surface area contributed by atoms with Crippen LogP contribution in [0.15, 0.2) is 24.3 Å². The van der Waals surface area contributed by atoms with Crippen LogP contribution in [0.5, 0.6) is 0 Å². The summed E-state index contributed by atoms with van der Waals surface area (Å²) in [7, 11) is 0. The number of anilines is 1. The fourth-order valence-corrected chi connectivity index (χ4v) is 2.48. The first kappa shape index (κ1) is 20.7. The van der Waals surface area contributed by atoms with Gasteiger partial charge in [0.05, 0.1) is 13.2 Å². The maximum Gasteiger partial charge on any atom is 0.408 e. The molecule has 1 aliphatic heterocycles. The van der Waals surface area contributed by atoms with E-state index in [9.17, 15) is 14.4 Å². The minimum atomic E-state index is -0.793. The lowest BCUT2D eigenvalue weighted by atomic mass is 10.1. The first-order valence-corrected chi connectivity index (χ1v) is 8.93. The Morgan fingerprint density at radius 2 is 1.85 bits per heavy atom. The monoisotopic (exact) mass is 377 g/mol. The number of morpholine rings is 1. The number of ether oxygens (including phenoxy) is 2. The maximum atomic E-state index is 12.5. The third-order valence-electron chi connectivity index (χ3n) is 3.80. The van der Waals surface area contributed by atoms with Crippen molar-refractivity contribution in [2.24, 2.45) is 0 Å². The quantitative estimate of drug-likeness (QED) is 0.837. The smallest absolute Gasteiger partial charge is 0.408 e. The lowest BCUT2D eigenvalue weighted by Gasteiger charge is -2.27. The van der Waals surface area contributed by atoms with Crippen molar-refractivity contribution in [1.29, 1.82) is 0 Å². The van der Waals surface area contributed by atoms with E-state index in [-0.39, 0.29) is 5.91 Å². The summed E-state index contributed by atoms with van der Waals surface area (Å²) in [6, 6.07) is 5.92. The van der Waals surface area contributed by atoms with Crippen molar-refractivity contribution in [3.8, 4) is 0 Å². The third-order valence-corrected chi connectivity index (χ3v) is 3.80. The Balaban J connectivity index is 1.95. The van der Waals surface area contributed by atoms with Crippen molar-refractivity contribution in [3.63, 3.8) is 0 Å². The van der Waals surface area contributed by atoms with Gasteiger partial charge in [0.25, 0.3) is 5.91 Å². The molecular weight excluding hydrogens is 350 g/mol. The predicted octanol–water partition coefficient (Wildman–Crippen LogP) is 2.01. The van der Waals surface area contributed by atoms with Crippen molar-refractivity contribution < 1.29 is 23.9 Å². The topological polar surface area (TPSA) is 97.0 Å². The van der Waals surface area contributed by atoms with E-state index < -0.39 is 23.6 Å². The molecule has 1 aromatic rings. The molecule has 1 saturated heterocycles. The Hall–Kier alpha value is -2.61. The molecule has 1 atom stereocenters. The summed E-state index contributed by atoms with van der Waals surface area (Å²) in [5, 5.41) is 5.19. The van der Waals surface area contributed by atoms with Gasteiger partial charge < -0.3 is 25.0 Å². The molecule has 1 heterocycles. The standard InChI is InChI=1S/C19H27N3O5/c1-13(20-18(25)27-19(2,3)4)16(23)21-15-7-5-6-14(12-15)17(24)22-8-10-26-11-9-22/h5-7,12-13H,8-11H2,1-4H3,(H,20,25)(H,21,23)/t13-/m1/s1. The molecule has 148 valence electrons. The number of hydrogen-bond acceptors (Lipinski definition) is 5. The molecule has 27 heavy (non-hydrogen) atoms. The van der Waals surface area contributed by atoms with E-state index in [4.69, 9.17) is 9.47 Å². The van der Waals surface area contributed by atoms with Crippen LogP contribution in [-0.2, 0) is 14.3 Å². The highest BCUT2D eigenvalue weighted by atomic mass is 16.6. The highest BCUT2D eigenvalue weighted by Gasteiger charge is 2.22. The molecule has 1 aromatic carbocycles. The van der Waals surface area contributed by atoms with Crippen molar-refractivity contribution in [3.05, 3.63) is 29.8 Å². The van der Waals surface area contributed by atoms with Crippen LogP contribution in [0, 0.1) is 0 Å². The zero-order valence-electron chi connectivity index (χ0n) is 16.2. The number of amides is 3. The van der Waals surface area contributed by atoms with Gasteiger partial charge in [0, 0.05) is 24.3 Å². The first-order chi connectivity index (χ1) is 12.7. The molecule has 0 aliphatic carbocycles. The van der Waals surface area contributed by atoms with Crippen molar-refractivity contribution >= 4 is 23.6 Å². The minimum Gasteiger partial charge on any atom is -0.444 e. The Labute approximate surface area is 159 Å². The molecule has 0 aromatic heterocycles. The molecule has 0 spiro atoms. The van der Waals surface area contributed by atoms with Crippen LogP contribution < -0.4 is 10.6 Å². The third kappa shape index (κ3) is 6.56. The van der Waals surface area contributed by atoms with E-state index in [1.165, 1.54) is 0 Å². The highest BCUT2D eigenvalue weighted by Crippen LogP contribution is 2.14. The van der Waals surface area contributed by atoms with Gasteiger partial charge in [0.15, 0.2) is 0 Å². The normalized spacial score (nSPS) is 15.6. The van der Waals surface area contributed by atoms with Crippen LogP contribution in [0.2, 0.25) is 0 Å². The Morgan fingerprint density at radius 3 is 2.48 bits per heavy atom. The van der Waals surface area contributed by atoms with Gasteiger partial charge in [-0.3, -0.25) is 9.59 Å². The first-order valence-electron chi connectivity index (χ1n) is 8.93. The molecular formula is C19H27N3O5. The van der Waals surface area contributed by atoms with E-state index in [0.717, 1.165) is 0 Å². The van der Waals surface area contributed by atoms with Gasteiger partial charge in [-0.15, -0.1) is 0 Å². The summed E-state index contributed by atoms with van der Waals surface area (Å²) >= 11 is 0. The second kappa shape index (κ2) is 8.85. The fourth-order valence-electron chi connectivity index (χ4n) is 2.48. The summed E-state index contributed by atoms with van der Waals surface area (Å²) in [5.74, 6) is -0.508. The maximum absolute atomic E-state index is 12.5. The van der Waals surface area contributed by atoms with Gasteiger partial charge in [0.1, 0.15) is 11.6 Å². The van der Waals surface area contributed by atoms with Crippen molar-refractivity contribution in [2.75, 3.05) is 31.6 Å². The Morgan fingerprint density at radius 1 is 1.19 bits per heavy atom. The van der Waals surface area contributed by atoms with Gasteiger partial charge in [-0.2, -0.15) is 0 Å². The lowest BCUT2D eigenvalue weighted by molar-refractivity contribution is -0.117. The molecule has 0 radical (unpaired) electrons. The molecule has 3 amide bonds. The second-order valence-electron chi connectivity index (χ2n) is 7.34.